The Morgan fingerprint density at radius 1 is 1.00 bits per heavy atom. The highest BCUT2D eigenvalue weighted by Crippen LogP contribution is 2.27. The summed E-state index contributed by atoms with van der Waals surface area (Å²) < 4.78 is 6.75. The third-order valence-corrected chi connectivity index (χ3v) is 4.59. The van der Waals surface area contributed by atoms with Crippen molar-refractivity contribution in [3.63, 3.8) is 0 Å². The molecule has 7 nitrogen and oxygen atoms in total. The Morgan fingerprint density at radius 2 is 1.79 bits per heavy atom. The number of rotatable bonds is 5. The second kappa shape index (κ2) is 7.63. The Labute approximate surface area is 168 Å². The van der Waals surface area contributed by atoms with Crippen LogP contribution in [0.25, 0.3) is 10.8 Å². The number of ether oxygens (including phenoxy) is 1. The van der Waals surface area contributed by atoms with Gasteiger partial charge < -0.3 is 19.9 Å². The minimum atomic E-state index is -0.119. The number of anilines is 4. The zero-order valence-corrected chi connectivity index (χ0v) is 16.4. The van der Waals surface area contributed by atoms with Crippen LogP contribution in [0.1, 0.15) is 5.56 Å². The van der Waals surface area contributed by atoms with E-state index < -0.39 is 0 Å². The molecule has 3 heterocycles. The van der Waals surface area contributed by atoms with E-state index in [1.165, 1.54) is 0 Å². The lowest BCUT2D eigenvalue weighted by atomic mass is 10.2. The van der Waals surface area contributed by atoms with Crippen LogP contribution in [-0.2, 0) is 7.05 Å². The van der Waals surface area contributed by atoms with Crippen LogP contribution in [0.2, 0.25) is 0 Å². The molecular weight excluding hydrogens is 366 g/mol. The average Bonchev–Trinajstić information content (AvgIpc) is 2.71. The number of fused-ring (bicyclic) bond motifs is 1. The van der Waals surface area contributed by atoms with Crippen LogP contribution in [-0.4, -0.2) is 21.6 Å². The van der Waals surface area contributed by atoms with Gasteiger partial charge in [0.1, 0.15) is 23.2 Å². The maximum Gasteiger partial charge on any atom is 0.261 e. The summed E-state index contributed by atoms with van der Waals surface area (Å²) in [5, 5.41) is 7.80. The number of nitrogens with zero attached hydrogens (tertiary/aromatic N) is 3. The molecule has 0 unspecified atom stereocenters. The monoisotopic (exact) mass is 387 g/mol. The summed E-state index contributed by atoms with van der Waals surface area (Å²) in [5.74, 6) is 2.52. The molecule has 29 heavy (non-hydrogen) atoms. The van der Waals surface area contributed by atoms with Crippen LogP contribution in [0, 0.1) is 6.92 Å². The van der Waals surface area contributed by atoms with Crippen molar-refractivity contribution in [2.24, 2.45) is 7.05 Å². The first-order valence-electron chi connectivity index (χ1n) is 9.14. The smallest absolute Gasteiger partial charge is 0.261 e. The van der Waals surface area contributed by atoms with Gasteiger partial charge in [-0.15, -0.1) is 0 Å². The van der Waals surface area contributed by atoms with Crippen LogP contribution in [0.3, 0.4) is 0 Å². The van der Waals surface area contributed by atoms with Crippen LogP contribution in [0.5, 0.6) is 5.75 Å². The Morgan fingerprint density at radius 3 is 2.52 bits per heavy atom. The summed E-state index contributed by atoms with van der Waals surface area (Å²) in [5.41, 5.74) is 1.77. The van der Waals surface area contributed by atoms with E-state index in [0.717, 1.165) is 22.4 Å². The van der Waals surface area contributed by atoms with E-state index in [2.05, 4.69) is 20.6 Å². The lowest BCUT2D eigenvalue weighted by Gasteiger charge is -2.13. The van der Waals surface area contributed by atoms with Gasteiger partial charge in [0.15, 0.2) is 0 Å². The fourth-order valence-electron chi connectivity index (χ4n) is 3.06. The third-order valence-electron chi connectivity index (χ3n) is 4.59. The van der Waals surface area contributed by atoms with E-state index in [1.807, 2.05) is 55.5 Å². The molecule has 4 rings (SSSR count). The first-order valence-corrected chi connectivity index (χ1v) is 9.14. The molecule has 0 atom stereocenters. The van der Waals surface area contributed by atoms with Crippen LogP contribution >= 0.6 is 0 Å². The first kappa shape index (κ1) is 18.5. The molecule has 3 aromatic heterocycles. The predicted octanol–water partition coefficient (Wildman–Crippen LogP) is 4.13. The highest BCUT2D eigenvalue weighted by molar-refractivity contribution is 5.94. The number of hydrogen-bond acceptors (Lipinski definition) is 6. The Kier molecular flexibility index (Phi) is 4.87. The van der Waals surface area contributed by atoms with Gasteiger partial charge >= 0.3 is 0 Å². The molecule has 4 aromatic rings. The molecule has 146 valence electrons. The summed E-state index contributed by atoms with van der Waals surface area (Å²) in [7, 11) is 3.34. The predicted molar refractivity (Wildman–Crippen MR) is 116 cm³/mol. The van der Waals surface area contributed by atoms with E-state index in [0.29, 0.717) is 22.8 Å². The summed E-state index contributed by atoms with van der Waals surface area (Å²) in [4.78, 5) is 21.8. The van der Waals surface area contributed by atoms with Gasteiger partial charge in [0.25, 0.3) is 5.56 Å². The van der Waals surface area contributed by atoms with E-state index in [9.17, 15) is 4.79 Å². The topological polar surface area (TPSA) is 81.1 Å². The van der Waals surface area contributed by atoms with Crippen molar-refractivity contribution in [2.75, 3.05) is 17.7 Å². The number of methoxy groups -OCH3 is 1. The van der Waals surface area contributed by atoms with E-state index in [-0.39, 0.29) is 5.56 Å². The fourth-order valence-corrected chi connectivity index (χ4v) is 3.06. The molecule has 0 aliphatic heterocycles. The van der Waals surface area contributed by atoms with Crippen molar-refractivity contribution in [1.82, 2.24) is 14.5 Å². The van der Waals surface area contributed by atoms with Crippen molar-refractivity contribution in [2.45, 2.75) is 6.92 Å². The number of hydrogen-bond donors (Lipinski definition) is 2. The van der Waals surface area contributed by atoms with Crippen molar-refractivity contribution < 1.29 is 4.74 Å². The summed E-state index contributed by atoms with van der Waals surface area (Å²) in [6.45, 7) is 2.00. The second-order valence-corrected chi connectivity index (χ2v) is 6.75. The number of aromatic nitrogens is 3. The lowest BCUT2D eigenvalue weighted by molar-refractivity contribution is 0.415. The van der Waals surface area contributed by atoms with Gasteiger partial charge in [0.2, 0.25) is 0 Å². The Hall–Kier alpha value is -3.87. The van der Waals surface area contributed by atoms with Crippen molar-refractivity contribution in [3.05, 3.63) is 76.8 Å². The van der Waals surface area contributed by atoms with E-state index in [1.54, 1.807) is 31.1 Å². The first-order chi connectivity index (χ1) is 14.0. The molecule has 7 heteroatoms. The highest BCUT2D eigenvalue weighted by Gasteiger charge is 2.12. The summed E-state index contributed by atoms with van der Waals surface area (Å²) in [6.07, 6.45) is 3.49. The van der Waals surface area contributed by atoms with Gasteiger partial charge in [-0.2, -0.15) is 0 Å². The quantitative estimate of drug-likeness (QED) is 0.536. The molecule has 0 spiro atoms. The molecule has 2 N–H and O–H groups in total. The number of benzene rings is 1. The minimum Gasteiger partial charge on any atom is -0.497 e. The van der Waals surface area contributed by atoms with Gasteiger partial charge in [-0.05, 0) is 66.4 Å². The molecule has 0 saturated carbocycles. The Balaban J connectivity index is 1.80. The van der Waals surface area contributed by atoms with Crippen molar-refractivity contribution in [3.8, 4) is 5.75 Å². The van der Waals surface area contributed by atoms with Crippen LogP contribution in [0.4, 0.5) is 23.1 Å². The zero-order valence-electron chi connectivity index (χ0n) is 16.4. The van der Waals surface area contributed by atoms with Gasteiger partial charge in [-0.3, -0.25) is 4.79 Å². The molecule has 0 bridgehead atoms. The number of nitrogens with one attached hydrogen (secondary N) is 2. The average molecular weight is 387 g/mol. The number of aryl methyl sites for hydroxylation is 2. The van der Waals surface area contributed by atoms with Crippen LogP contribution in [0.15, 0.2) is 65.7 Å². The maximum atomic E-state index is 12.8. The standard InChI is InChI=1S/C22H21N5O2/c1-14-8-10-23-18(12-14)25-19-13-15-9-11-27(2)22(28)20(15)21(26-19)24-16-4-6-17(29-3)7-5-16/h4-13H,1-3H3,(H2,23,24,25,26). The highest BCUT2D eigenvalue weighted by atomic mass is 16.5. The minimum absolute atomic E-state index is 0.119. The molecule has 0 aliphatic carbocycles. The maximum absolute atomic E-state index is 12.8. The van der Waals surface area contributed by atoms with Crippen molar-refractivity contribution in [1.29, 1.82) is 0 Å². The molecule has 0 fully saturated rings. The lowest BCUT2D eigenvalue weighted by Crippen LogP contribution is -2.17. The summed E-state index contributed by atoms with van der Waals surface area (Å²) in [6, 6.07) is 15.1. The second-order valence-electron chi connectivity index (χ2n) is 6.75. The fraction of sp³-hybridized carbons (Fsp3) is 0.136. The molecular formula is C22H21N5O2. The zero-order chi connectivity index (χ0) is 20.4. The van der Waals surface area contributed by atoms with E-state index >= 15 is 0 Å². The third kappa shape index (κ3) is 3.89. The summed E-state index contributed by atoms with van der Waals surface area (Å²) >= 11 is 0. The van der Waals surface area contributed by atoms with E-state index in [4.69, 9.17) is 4.74 Å². The Bertz CT molecular complexity index is 1230. The van der Waals surface area contributed by atoms with Gasteiger partial charge in [-0.1, -0.05) is 0 Å². The van der Waals surface area contributed by atoms with Gasteiger partial charge in [0.05, 0.1) is 12.5 Å². The normalized spacial score (nSPS) is 10.7. The van der Waals surface area contributed by atoms with Gasteiger partial charge in [0, 0.05) is 25.1 Å². The SMILES string of the molecule is COc1ccc(Nc2nc(Nc3cc(C)ccn3)cc3ccn(C)c(=O)c23)cc1. The molecule has 0 aliphatic rings. The number of pyridine rings is 3. The molecule has 0 radical (unpaired) electrons. The van der Waals surface area contributed by atoms with Crippen molar-refractivity contribution >= 4 is 33.9 Å². The largest absolute Gasteiger partial charge is 0.497 e. The van der Waals surface area contributed by atoms with Gasteiger partial charge in [-0.25, -0.2) is 9.97 Å². The van der Waals surface area contributed by atoms with Crippen LogP contribution < -0.4 is 20.9 Å². The molecule has 0 saturated heterocycles. The molecule has 0 amide bonds. The molecule has 1 aromatic carbocycles.